The SMILES string of the molecule is Cc1cccc(-c2ccc(CCn3cc(C)cn3)cc2)c1. The summed E-state index contributed by atoms with van der Waals surface area (Å²) in [6.07, 6.45) is 5.00. The predicted molar refractivity (Wildman–Crippen MR) is 87.3 cm³/mol. The Morgan fingerprint density at radius 1 is 0.905 bits per heavy atom. The van der Waals surface area contributed by atoms with Gasteiger partial charge in [0.25, 0.3) is 0 Å². The molecule has 1 aromatic heterocycles. The molecule has 0 saturated heterocycles. The van der Waals surface area contributed by atoms with Gasteiger partial charge < -0.3 is 0 Å². The van der Waals surface area contributed by atoms with Gasteiger partial charge in [-0.1, -0.05) is 54.1 Å². The Morgan fingerprint density at radius 3 is 2.38 bits per heavy atom. The maximum absolute atomic E-state index is 4.32. The van der Waals surface area contributed by atoms with E-state index in [9.17, 15) is 0 Å². The summed E-state index contributed by atoms with van der Waals surface area (Å²) in [5.41, 5.74) is 6.41. The van der Waals surface area contributed by atoms with Gasteiger partial charge in [-0.3, -0.25) is 4.68 Å². The van der Waals surface area contributed by atoms with Crippen molar-refractivity contribution in [1.29, 1.82) is 0 Å². The van der Waals surface area contributed by atoms with Crippen molar-refractivity contribution < 1.29 is 0 Å². The normalized spacial score (nSPS) is 10.8. The highest BCUT2D eigenvalue weighted by atomic mass is 15.3. The number of benzene rings is 2. The molecular weight excluding hydrogens is 256 g/mol. The number of rotatable bonds is 4. The van der Waals surface area contributed by atoms with E-state index in [1.54, 1.807) is 0 Å². The first-order valence-corrected chi connectivity index (χ1v) is 7.36. The average Bonchev–Trinajstić information content (AvgIpc) is 2.91. The molecule has 0 bridgehead atoms. The fourth-order valence-corrected chi connectivity index (χ4v) is 2.52. The molecule has 2 nitrogen and oxygen atoms in total. The second-order valence-corrected chi connectivity index (χ2v) is 5.60. The van der Waals surface area contributed by atoms with Crippen LogP contribution in [-0.4, -0.2) is 9.78 Å². The van der Waals surface area contributed by atoms with Gasteiger partial charge in [-0.25, -0.2) is 0 Å². The summed E-state index contributed by atoms with van der Waals surface area (Å²) in [5, 5.41) is 4.32. The number of nitrogens with zero attached hydrogens (tertiary/aromatic N) is 2. The number of hydrogen-bond donors (Lipinski definition) is 0. The van der Waals surface area contributed by atoms with Crippen molar-refractivity contribution in [2.45, 2.75) is 26.8 Å². The molecule has 3 rings (SSSR count). The van der Waals surface area contributed by atoms with Gasteiger partial charge in [0.05, 0.1) is 6.20 Å². The van der Waals surface area contributed by atoms with E-state index in [1.165, 1.54) is 27.8 Å². The zero-order valence-corrected chi connectivity index (χ0v) is 12.6. The predicted octanol–water partition coefficient (Wildman–Crippen LogP) is 4.41. The Labute approximate surface area is 126 Å². The smallest absolute Gasteiger partial charge is 0.0518 e. The summed E-state index contributed by atoms with van der Waals surface area (Å²) in [7, 11) is 0. The largest absolute Gasteiger partial charge is 0.272 e. The van der Waals surface area contributed by atoms with Gasteiger partial charge in [-0.05, 0) is 42.5 Å². The minimum Gasteiger partial charge on any atom is -0.272 e. The molecule has 0 saturated carbocycles. The van der Waals surface area contributed by atoms with Gasteiger partial charge in [0.2, 0.25) is 0 Å². The lowest BCUT2D eigenvalue weighted by molar-refractivity contribution is 0.614. The Kier molecular flexibility index (Phi) is 3.87. The van der Waals surface area contributed by atoms with E-state index in [4.69, 9.17) is 0 Å². The molecule has 0 aliphatic carbocycles. The van der Waals surface area contributed by atoms with E-state index in [0.717, 1.165) is 13.0 Å². The Hall–Kier alpha value is -2.35. The van der Waals surface area contributed by atoms with Crippen LogP contribution in [0.5, 0.6) is 0 Å². The molecule has 2 heteroatoms. The van der Waals surface area contributed by atoms with E-state index < -0.39 is 0 Å². The summed E-state index contributed by atoms with van der Waals surface area (Å²) in [5.74, 6) is 0. The van der Waals surface area contributed by atoms with Crippen LogP contribution in [0.4, 0.5) is 0 Å². The minimum atomic E-state index is 0.928. The second-order valence-electron chi connectivity index (χ2n) is 5.60. The highest BCUT2D eigenvalue weighted by Gasteiger charge is 2.00. The standard InChI is InChI=1S/C19H20N2/c1-15-4-3-5-19(12-15)18-8-6-17(7-9-18)10-11-21-14-16(2)13-20-21/h3-9,12-14H,10-11H2,1-2H3. The third-order valence-corrected chi connectivity index (χ3v) is 3.70. The molecule has 0 atom stereocenters. The van der Waals surface area contributed by atoms with Crippen molar-refractivity contribution in [3.05, 3.63) is 77.6 Å². The highest BCUT2D eigenvalue weighted by Crippen LogP contribution is 2.21. The first-order chi connectivity index (χ1) is 10.2. The Morgan fingerprint density at radius 2 is 1.71 bits per heavy atom. The first-order valence-electron chi connectivity index (χ1n) is 7.36. The van der Waals surface area contributed by atoms with Crippen LogP contribution in [0.15, 0.2) is 60.9 Å². The molecule has 3 aromatic rings. The Balaban J connectivity index is 1.69. The van der Waals surface area contributed by atoms with E-state index >= 15 is 0 Å². The summed E-state index contributed by atoms with van der Waals surface area (Å²) in [6.45, 7) is 5.13. The zero-order chi connectivity index (χ0) is 14.7. The van der Waals surface area contributed by atoms with Crippen molar-refractivity contribution in [3.8, 4) is 11.1 Å². The lowest BCUT2D eigenvalue weighted by Crippen LogP contribution is -2.01. The molecule has 0 aliphatic heterocycles. The van der Waals surface area contributed by atoms with Crippen LogP contribution in [0.2, 0.25) is 0 Å². The zero-order valence-electron chi connectivity index (χ0n) is 12.6. The molecule has 2 aromatic carbocycles. The van der Waals surface area contributed by atoms with Gasteiger partial charge in [0.1, 0.15) is 0 Å². The van der Waals surface area contributed by atoms with Crippen molar-refractivity contribution in [2.24, 2.45) is 0 Å². The van der Waals surface area contributed by atoms with E-state index in [2.05, 4.69) is 73.7 Å². The highest BCUT2D eigenvalue weighted by molar-refractivity contribution is 5.64. The van der Waals surface area contributed by atoms with Gasteiger partial charge in [0, 0.05) is 12.7 Å². The van der Waals surface area contributed by atoms with E-state index in [1.807, 2.05) is 10.9 Å². The lowest BCUT2D eigenvalue weighted by Gasteiger charge is -2.06. The summed E-state index contributed by atoms with van der Waals surface area (Å²) >= 11 is 0. The van der Waals surface area contributed by atoms with Gasteiger partial charge in [0.15, 0.2) is 0 Å². The molecule has 0 radical (unpaired) electrons. The van der Waals surface area contributed by atoms with Crippen molar-refractivity contribution in [1.82, 2.24) is 9.78 Å². The summed E-state index contributed by atoms with van der Waals surface area (Å²) < 4.78 is 2.00. The Bertz CT molecular complexity index is 723. The van der Waals surface area contributed by atoms with Crippen LogP contribution >= 0.6 is 0 Å². The first kappa shape index (κ1) is 13.6. The molecular formula is C19H20N2. The maximum Gasteiger partial charge on any atom is 0.0518 e. The van der Waals surface area contributed by atoms with Gasteiger partial charge >= 0.3 is 0 Å². The monoisotopic (exact) mass is 276 g/mol. The average molecular weight is 276 g/mol. The quantitative estimate of drug-likeness (QED) is 0.690. The molecule has 0 amide bonds. The van der Waals surface area contributed by atoms with Crippen LogP contribution in [0, 0.1) is 13.8 Å². The van der Waals surface area contributed by atoms with E-state index in [-0.39, 0.29) is 0 Å². The molecule has 1 heterocycles. The van der Waals surface area contributed by atoms with Crippen LogP contribution in [0.3, 0.4) is 0 Å². The van der Waals surface area contributed by atoms with Crippen molar-refractivity contribution in [2.75, 3.05) is 0 Å². The molecule has 0 spiro atoms. The maximum atomic E-state index is 4.32. The third kappa shape index (κ3) is 3.40. The van der Waals surface area contributed by atoms with Crippen LogP contribution in [0.1, 0.15) is 16.7 Å². The van der Waals surface area contributed by atoms with Crippen molar-refractivity contribution in [3.63, 3.8) is 0 Å². The fraction of sp³-hybridized carbons (Fsp3) is 0.211. The summed E-state index contributed by atoms with van der Waals surface area (Å²) in [4.78, 5) is 0. The topological polar surface area (TPSA) is 17.8 Å². The van der Waals surface area contributed by atoms with Crippen LogP contribution in [0.25, 0.3) is 11.1 Å². The van der Waals surface area contributed by atoms with Gasteiger partial charge in [-0.2, -0.15) is 5.10 Å². The number of hydrogen-bond acceptors (Lipinski definition) is 1. The lowest BCUT2D eigenvalue weighted by atomic mass is 10.0. The second kappa shape index (κ2) is 5.96. The molecule has 106 valence electrons. The summed E-state index contributed by atoms with van der Waals surface area (Å²) in [6, 6.07) is 17.5. The van der Waals surface area contributed by atoms with Crippen LogP contribution < -0.4 is 0 Å². The number of aromatic nitrogens is 2. The van der Waals surface area contributed by atoms with E-state index in [0.29, 0.717) is 0 Å². The number of aryl methyl sites for hydroxylation is 4. The molecule has 0 unspecified atom stereocenters. The van der Waals surface area contributed by atoms with Gasteiger partial charge in [-0.15, -0.1) is 0 Å². The molecule has 0 N–H and O–H groups in total. The minimum absolute atomic E-state index is 0.928. The molecule has 0 fully saturated rings. The fourth-order valence-electron chi connectivity index (χ4n) is 2.52. The third-order valence-electron chi connectivity index (χ3n) is 3.70. The molecule has 21 heavy (non-hydrogen) atoms. The molecule has 0 aliphatic rings. The van der Waals surface area contributed by atoms with Crippen molar-refractivity contribution >= 4 is 0 Å². The van der Waals surface area contributed by atoms with Crippen LogP contribution in [-0.2, 0) is 13.0 Å².